The number of ether oxygens (including phenoxy) is 1. The average molecular weight is 196 g/mol. The summed E-state index contributed by atoms with van der Waals surface area (Å²) in [6.07, 6.45) is 5.30. The first-order valence-electron chi connectivity index (χ1n) is 5.98. The van der Waals surface area contributed by atoms with Crippen molar-refractivity contribution in [2.45, 2.75) is 31.4 Å². The molecule has 0 aromatic carbocycles. The molecule has 1 spiro atoms. The average Bonchev–Trinajstić information content (AvgIpc) is 2.91. The summed E-state index contributed by atoms with van der Waals surface area (Å²) in [5.41, 5.74) is 0.0695. The number of nitrogens with zero attached hydrogens (tertiary/aromatic N) is 1. The van der Waals surface area contributed by atoms with Crippen molar-refractivity contribution in [3.63, 3.8) is 0 Å². The topological polar surface area (TPSA) is 24.5 Å². The number of hydrogen-bond acceptors (Lipinski definition) is 3. The van der Waals surface area contributed by atoms with Crippen LogP contribution in [0.15, 0.2) is 0 Å². The zero-order valence-electron chi connectivity index (χ0n) is 8.80. The molecule has 0 radical (unpaired) electrons. The summed E-state index contributed by atoms with van der Waals surface area (Å²) in [6.45, 7) is 5.74. The quantitative estimate of drug-likeness (QED) is 0.707. The van der Waals surface area contributed by atoms with E-state index in [1.165, 1.54) is 45.3 Å². The van der Waals surface area contributed by atoms with Gasteiger partial charge in [0.15, 0.2) is 0 Å². The highest BCUT2D eigenvalue weighted by molar-refractivity contribution is 4.90. The normalized spacial score (nSPS) is 32.6. The van der Waals surface area contributed by atoms with Gasteiger partial charge in [0.1, 0.15) is 5.72 Å². The van der Waals surface area contributed by atoms with Gasteiger partial charge in [0.25, 0.3) is 0 Å². The fourth-order valence-electron chi connectivity index (χ4n) is 2.66. The van der Waals surface area contributed by atoms with E-state index in [2.05, 4.69) is 10.2 Å². The Morgan fingerprint density at radius 3 is 2.64 bits per heavy atom. The van der Waals surface area contributed by atoms with Crippen LogP contribution in [0.5, 0.6) is 0 Å². The maximum atomic E-state index is 5.81. The van der Waals surface area contributed by atoms with Crippen LogP contribution in [-0.2, 0) is 4.74 Å². The van der Waals surface area contributed by atoms with Gasteiger partial charge in [-0.2, -0.15) is 0 Å². The first kappa shape index (κ1) is 9.13. The van der Waals surface area contributed by atoms with Gasteiger partial charge in [0, 0.05) is 39.0 Å². The van der Waals surface area contributed by atoms with Crippen LogP contribution in [-0.4, -0.2) is 43.4 Å². The van der Waals surface area contributed by atoms with Gasteiger partial charge in [0.05, 0.1) is 6.61 Å². The molecule has 3 rings (SSSR count). The molecule has 2 heterocycles. The number of likely N-dealkylation sites (tertiary alicyclic amines) is 1. The molecule has 2 aliphatic heterocycles. The summed E-state index contributed by atoms with van der Waals surface area (Å²) in [5, 5.41) is 3.51. The summed E-state index contributed by atoms with van der Waals surface area (Å²) in [6, 6.07) is 0. The Labute approximate surface area is 85.8 Å². The van der Waals surface area contributed by atoms with Crippen molar-refractivity contribution >= 4 is 0 Å². The van der Waals surface area contributed by atoms with Gasteiger partial charge in [-0.05, 0) is 18.8 Å². The Bertz CT molecular complexity index is 199. The lowest BCUT2D eigenvalue weighted by atomic mass is 10.0. The van der Waals surface area contributed by atoms with Gasteiger partial charge in [-0.3, -0.25) is 5.32 Å². The summed E-state index contributed by atoms with van der Waals surface area (Å²) < 4.78 is 5.81. The molecule has 0 aromatic heterocycles. The van der Waals surface area contributed by atoms with Gasteiger partial charge in [0.2, 0.25) is 0 Å². The molecule has 0 unspecified atom stereocenters. The van der Waals surface area contributed by atoms with Crippen LogP contribution >= 0.6 is 0 Å². The van der Waals surface area contributed by atoms with Crippen molar-refractivity contribution in [2.24, 2.45) is 5.92 Å². The number of piperidine rings is 1. The third-order valence-corrected chi connectivity index (χ3v) is 3.80. The summed E-state index contributed by atoms with van der Waals surface area (Å²) >= 11 is 0. The zero-order valence-corrected chi connectivity index (χ0v) is 8.80. The van der Waals surface area contributed by atoms with Crippen molar-refractivity contribution in [3.8, 4) is 0 Å². The Morgan fingerprint density at radius 2 is 2.07 bits per heavy atom. The molecule has 3 nitrogen and oxygen atoms in total. The molecule has 0 amide bonds. The predicted molar refractivity (Wildman–Crippen MR) is 55.1 cm³/mol. The van der Waals surface area contributed by atoms with Gasteiger partial charge in [-0.15, -0.1) is 0 Å². The fraction of sp³-hybridized carbons (Fsp3) is 1.00. The molecule has 1 aliphatic carbocycles. The van der Waals surface area contributed by atoms with Crippen LogP contribution < -0.4 is 5.32 Å². The minimum absolute atomic E-state index is 0.0695. The summed E-state index contributed by atoms with van der Waals surface area (Å²) in [4.78, 5) is 2.62. The van der Waals surface area contributed by atoms with Gasteiger partial charge < -0.3 is 9.64 Å². The second kappa shape index (κ2) is 3.47. The van der Waals surface area contributed by atoms with Crippen LogP contribution in [0.2, 0.25) is 0 Å². The molecular weight excluding hydrogens is 176 g/mol. The van der Waals surface area contributed by atoms with E-state index < -0.39 is 0 Å². The highest BCUT2D eigenvalue weighted by Crippen LogP contribution is 2.32. The van der Waals surface area contributed by atoms with Gasteiger partial charge >= 0.3 is 0 Å². The van der Waals surface area contributed by atoms with E-state index in [4.69, 9.17) is 4.74 Å². The molecule has 3 heteroatoms. The van der Waals surface area contributed by atoms with E-state index in [1.807, 2.05) is 0 Å². The molecule has 3 fully saturated rings. The Hall–Kier alpha value is -0.120. The number of rotatable bonds is 2. The Balaban J connectivity index is 1.50. The number of hydrogen-bond donors (Lipinski definition) is 1. The fourth-order valence-corrected chi connectivity index (χ4v) is 2.66. The van der Waals surface area contributed by atoms with E-state index in [-0.39, 0.29) is 5.72 Å². The van der Waals surface area contributed by atoms with Crippen molar-refractivity contribution in [1.82, 2.24) is 10.2 Å². The molecule has 14 heavy (non-hydrogen) atoms. The van der Waals surface area contributed by atoms with E-state index in [1.54, 1.807) is 0 Å². The van der Waals surface area contributed by atoms with E-state index in [0.717, 1.165) is 19.1 Å². The van der Waals surface area contributed by atoms with Crippen LogP contribution in [0, 0.1) is 5.92 Å². The Morgan fingerprint density at radius 1 is 1.29 bits per heavy atom. The lowest BCUT2D eigenvalue weighted by Gasteiger charge is -2.38. The first-order valence-corrected chi connectivity index (χ1v) is 5.98. The predicted octanol–water partition coefficient (Wildman–Crippen LogP) is 0.808. The van der Waals surface area contributed by atoms with Crippen molar-refractivity contribution in [1.29, 1.82) is 0 Å². The summed E-state index contributed by atoms with van der Waals surface area (Å²) in [7, 11) is 0. The molecule has 3 aliphatic rings. The summed E-state index contributed by atoms with van der Waals surface area (Å²) in [5.74, 6) is 1.03. The molecule has 1 saturated carbocycles. The molecule has 0 bridgehead atoms. The van der Waals surface area contributed by atoms with E-state index in [9.17, 15) is 0 Å². The van der Waals surface area contributed by atoms with E-state index in [0.29, 0.717) is 0 Å². The third kappa shape index (κ3) is 1.81. The second-order valence-corrected chi connectivity index (χ2v) is 5.01. The highest BCUT2D eigenvalue weighted by atomic mass is 16.5. The van der Waals surface area contributed by atoms with Crippen LogP contribution in [0.1, 0.15) is 25.7 Å². The lowest BCUT2D eigenvalue weighted by molar-refractivity contribution is -0.0569. The minimum Gasteiger partial charge on any atom is -0.359 e. The molecule has 2 saturated heterocycles. The maximum absolute atomic E-state index is 5.81. The maximum Gasteiger partial charge on any atom is 0.121 e. The van der Waals surface area contributed by atoms with Crippen molar-refractivity contribution < 1.29 is 4.74 Å². The van der Waals surface area contributed by atoms with E-state index >= 15 is 0 Å². The van der Waals surface area contributed by atoms with Crippen molar-refractivity contribution in [2.75, 3.05) is 32.8 Å². The smallest absolute Gasteiger partial charge is 0.121 e. The molecule has 0 atom stereocenters. The van der Waals surface area contributed by atoms with Gasteiger partial charge in [-0.25, -0.2) is 0 Å². The van der Waals surface area contributed by atoms with Crippen molar-refractivity contribution in [3.05, 3.63) is 0 Å². The molecule has 0 aromatic rings. The SMILES string of the molecule is C1COC2(CCN(CC3CC3)CC2)N1. The molecular formula is C11H20N2O. The molecule has 1 N–H and O–H groups in total. The van der Waals surface area contributed by atoms with Crippen LogP contribution in [0.25, 0.3) is 0 Å². The Kier molecular flexibility index (Phi) is 2.26. The zero-order chi connectivity index (χ0) is 9.43. The number of nitrogens with one attached hydrogen (secondary N) is 1. The van der Waals surface area contributed by atoms with Crippen LogP contribution in [0.3, 0.4) is 0 Å². The lowest BCUT2D eigenvalue weighted by Crippen LogP contribution is -2.51. The second-order valence-electron chi connectivity index (χ2n) is 5.01. The first-order chi connectivity index (χ1) is 6.86. The van der Waals surface area contributed by atoms with Gasteiger partial charge in [-0.1, -0.05) is 0 Å². The minimum atomic E-state index is 0.0695. The molecule has 80 valence electrons. The van der Waals surface area contributed by atoms with Crippen LogP contribution in [0.4, 0.5) is 0 Å². The largest absolute Gasteiger partial charge is 0.359 e. The third-order valence-electron chi connectivity index (χ3n) is 3.80. The monoisotopic (exact) mass is 196 g/mol. The highest BCUT2D eigenvalue weighted by Gasteiger charge is 2.38. The standard InChI is InChI=1S/C11H20N2O/c1-2-10(1)9-13-6-3-11(4-7-13)12-5-8-14-11/h10,12H,1-9H2.